The van der Waals surface area contributed by atoms with Gasteiger partial charge in [-0.25, -0.2) is 0 Å². The molecule has 2 aromatic carbocycles. The summed E-state index contributed by atoms with van der Waals surface area (Å²) in [5, 5.41) is 12.3. The van der Waals surface area contributed by atoms with Crippen molar-refractivity contribution in [1.82, 2.24) is 21.3 Å². The van der Waals surface area contributed by atoms with Crippen LogP contribution in [0.3, 0.4) is 0 Å². The van der Waals surface area contributed by atoms with Crippen LogP contribution in [0.25, 0.3) is 0 Å². The van der Waals surface area contributed by atoms with Crippen LogP contribution in [0.5, 0.6) is 0 Å². The first-order chi connectivity index (χ1) is 18.1. The van der Waals surface area contributed by atoms with E-state index in [4.69, 9.17) is 12.6 Å². The topological polar surface area (TPSA) is 172 Å². The molecule has 0 bridgehead atoms. The molecule has 0 saturated heterocycles. The molecule has 0 spiro atoms. The number of ether oxygens (including phenoxy) is 1. The standard InChI is InChI=1S/C25H28BN5O7/c1-16(32)27-12-21(33)28-13-23(35)31-20(11-17-5-3-2-4-6-17)24(36)29-14-22(34)30-19-9-7-18(8-10-19)15-38-25(26)37/h2-10,20H,11-15H2,1H3,(H,27,32)(H,28,33)(H,29,36)(H,30,34)(H,31,35)/t20-/m0/s1. The molecule has 12 nitrogen and oxygen atoms in total. The summed E-state index contributed by atoms with van der Waals surface area (Å²) < 4.78 is 4.69. The largest absolute Gasteiger partial charge is 0.470 e. The Morgan fingerprint density at radius 3 is 2.03 bits per heavy atom. The van der Waals surface area contributed by atoms with Crippen molar-refractivity contribution in [3.8, 4) is 0 Å². The van der Waals surface area contributed by atoms with Gasteiger partial charge in [-0.1, -0.05) is 42.5 Å². The summed E-state index contributed by atoms with van der Waals surface area (Å²) >= 11 is 0. The van der Waals surface area contributed by atoms with E-state index in [0.29, 0.717) is 11.3 Å². The fraction of sp³-hybridized carbons (Fsp3) is 0.280. The minimum absolute atomic E-state index is 0.00682. The van der Waals surface area contributed by atoms with Crippen molar-refractivity contribution in [1.29, 1.82) is 0 Å². The molecule has 2 rings (SSSR count). The molecule has 13 heteroatoms. The van der Waals surface area contributed by atoms with E-state index in [1.54, 1.807) is 48.5 Å². The first kappa shape index (κ1) is 29.6. The molecule has 2 radical (unpaired) electrons. The summed E-state index contributed by atoms with van der Waals surface area (Å²) in [5.41, 5.74) is 1.89. The van der Waals surface area contributed by atoms with E-state index in [1.165, 1.54) is 6.92 Å². The summed E-state index contributed by atoms with van der Waals surface area (Å²) in [6, 6.07) is 14.4. The molecule has 0 fully saturated rings. The van der Waals surface area contributed by atoms with Gasteiger partial charge in [0.1, 0.15) is 12.6 Å². The van der Waals surface area contributed by atoms with Gasteiger partial charge in [-0.15, -0.1) is 0 Å². The number of amides is 5. The van der Waals surface area contributed by atoms with Crippen molar-refractivity contribution in [2.24, 2.45) is 0 Å². The second kappa shape index (κ2) is 15.4. The summed E-state index contributed by atoms with van der Waals surface area (Å²) in [5.74, 6) is -3.58. The monoisotopic (exact) mass is 521 g/mol. The zero-order valence-electron chi connectivity index (χ0n) is 20.7. The Labute approximate surface area is 220 Å². The maximum atomic E-state index is 12.8. The van der Waals surface area contributed by atoms with Gasteiger partial charge in [-0.3, -0.25) is 28.8 Å². The van der Waals surface area contributed by atoms with Crippen LogP contribution >= 0.6 is 0 Å². The van der Waals surface area contributed by atoms with Crippen LogP contribution < -0.4 is 26.6 Å². The Hall–Kier alpha value is -4.68. The average molecular weight is 521 g/mol. The molecule has 5 amide bonds. The van der Waals surface area contributed by atoms with Crippen LogP contribution in [0.2, 0.25) is 0 Å². The first-order valence-corrected chi connectivity index (χ1v) is 11.6. The zero-order valence-corrected chi connectivity index (χ0v) is 20.7. The Bertz CT molecular complexity index is 1140. The Morgan fingerprint density at radius 2 is 1.39 bits per heavy atom. The van der Waals surface area contributed by atoms with Gasteiger partial charge in [0.25, 0.3) is 0 Å². The predicted octanol–water partition coefficient (Wildman–Crippen LogP) is -0.474. The molecule has 0 unspecified atom stereocenters. The number of carbonyl (C=O) groups is 6. The fourth-order valence-electron chi connectivity index (χ4n) is 3.09. The third kappa shape index (κ3) is 11.8. The quantitative estimate of drug-likeness (QED) is 0.222. The van der Waals surface area contributed by atoms with Gasteiger partial charge < -0.3 is 31.3 Å². The molecular weight excluding hydrogens is 493 g/mol. The molecule has 0 aliphatic rings. The van der Waals surface area contributed by atoms with Crippen LogP contribution in [0.15, 0.2) is 54.6 Å². The fourth-order valence-corrected chi connectivity index (χ4v) is 3.09. The minimum atomic E-state index is -1.02. The number of rotatable bonds is 13. The van der Waals surface area contributed by atoms with Gasteiger partial charge in [0.2, 0.25) is 43.3 Å². The summed E-state index contributed by atoms with van der Waals surface area (Å²) in [7, 11) is 4.93. The SMILES string of the molecule is [B]C(=O)OCc1ccc(NC(=O)CNC(=O)[C@H](Cc2ccccc2)NC(=O)CNC(=O)CNC(C)=O)cc1. The van der Waals surface area contributed by atoms with Gasteiger partial charge in [-0.05, 0) is 23.3 Å². The van der Waals surface area contributed by atoms with Crippen molar-refractivity contribution in [3.05, 3.63) is 65.7 Å². The normalized spacial score (nSPS) is 10.9. The number of benzene rings is 2. The lowest BCUT2D eigenvalue weighted by molar-refractivity contribution is -0.130. The molecule has 198 valence electrons. The molecule has 0 saturated carbocycles. The second-order valence-corrected chi connectivity index (χ2v) is 8.07. The minimum Gasteiger partial charge on any atom is -0.470 e. The lowest BCUT2D eigenvalue weighted by Gasteiger charge is -2.19. The zero-order chi connectivity index (χ0) is 27.9. The van der Waals surface area contributed by atoms with E-state index < -0.39 is 42.1 Å². The van der Waals surface area contributed by atoms with Crippen molar-refractivity contribution in [2.75, 3.05) is 25.0 Å². The van der Waals surface area contributed by atoms with Crippen molar-refractivity contribution in [2.45, 2.75) is 26.0 Å². The number of carbonyl (C=O) groups excluding carboxylic acids is 6. The number of hydrogen-bond donors (Lipinski definition) is 5. The molecule has 38 heavy (non-hydrogen) atoms. The molecule has 2 aromatic rings. The lowest BCUT2D eigenvalue weighted by Crippen LogP contribution is -2.52. The summed E-state index contributed by atoms with van der Waals surface area (Å²) in [6.07, 6.45) is 0.148. The third-order valence-electron chi connectivity index (χ3n) is 4.92. The number of hydrogen-bond acceptors (Lipinski definition) is 7. The highest BCUT2D eigenvalue weighted by atomic mass is 16.5. The van der Waals surface area contributed by atoms with E-state index >= 15 is 0 Å². The maximum absolute atomic E-state index is 12.8. The highest BCUT2D eigenvalue weighted by Crippen LogP contribution is 2.10. The van der Waals surface area contributed by atoms with Gasteiger partial charge in [-0.2, -0.15) is 0 Å². The van der Waals surface area contributed by atoms with Crippen LogP contribution in [0.1, 0.15) is 18.1 Å². The number of anilines is 1. The summed E-state index contributed by atoms with van der Waals surface area (Å²) in [6.45, 7) is 0.202. The molecule has 1 atom stereocenters. The van der Waals surface area contributed by atoms with Crippen LogP contribution in [-0.4, -0.2) is 68.9 Å². The van der Waals surface area contributed by atoms with E-state index in [1.807, 2.05) is 6.07 Å². The van der Waals surface area contributed by atoms with E-state index in [2.05, 4.69) is 26.6 Å². The van der Waals surface area contributed by atoms with Crippen LogP contribution in [-0.2, 0) is 41.7 Å². The molecule has 0 heterocycles. The van der Waals surface area contributed by atoms with Crippen molar-refractivity contribution >= 4 is 48.9 Å². The smallest absolute Gasteiger partial charge is 0.243 e. The Kier molecular flexibility index (Phi) is 12.0. The predicted molar refractivity (Wildman–Crippen MR) is 138 cm³/mol. The van der Waals surface area contributed by atoms with Crippen LogP contribution in [0.4, 0.5) is 10.5 Å². The molecule has 0 aromatic heterocycles. The van der Waals surface area contributed by atoms with Crippen molar-refractivity contribution in [3.63, 3.8) is 0 Å². The Balaban J connectivity index is 1.90. The first-order valence-electron chi connectivity index (χ1n) is 11.6. The van der Waals surface area contributed by atoms with E-state index in [0.717, 1.165) is 5.56 Å². The van der Waals surface area contributed by atoms with Gasteiger partial charge in [0.15, 0.2) is 0 Å². The van der Waals surface area contributed by atoms with Gasteiger partial charge >= 0.3 is 0 Å². The van der Waals surface area contributed by atoms with Gasteiger partial charge in [0, 0.05) is 19.0 Å². The van der Waals surface area contributed by atoms with Gasteiger partial charge in [0.05, 0.1) is 19.6 Å². The summed E-state index contributed by atoms with van der Waals surface area (Å²) in [4.78, 5) is 70.8. The number of nitrogens with one attached hydrogen (secondary N) is 5. The van der Waals surface area contributed by atoms with Crippen LogP contribution in [0, 0.1) is 0 Å². The molecule has 5 N–H and O–H groups in total. The lowest BCUT2D eigenvalue weighted by atomic mass is 10.1. The van der Waals surface area contributed by atoms with Crippen molar-refractivity contribution < 1.29 is 33.5 Å². The van der Waals surface area contributed by atoms with E-state index in [9.17, 15) is 28.8 Å². The maximum Gasteiger partial charge on any atom is 0.243 e. The molecule has 0 aliphatic heterocycles. The van der Waals surface area contributed by atoms with E-state index in [-0.39, 0.29) is 32.0 Å². The Morgan fingerprint density at radius 1 is 0.763 bits per heavy atom. The molecule has 0 aliphatic carbocycles. The second-order valence-electron chi connectivity index (χ2n) is 8.07. The molecular formula is C25H28BN5O7. The highest BCUT2D eigenvalue weighted by molar-refractivity contribution is 6.55. The third-order valence-corrected chi connectivity index (χ3v) is 4.92. The average Bonchev–Trinajstić information content (AvgIpc) is 2.89. The highest BCUT2D eigenvalue weighted by Gasteiger charge is 2.22.